The molecular formula is C14H16N2O2. The number of carboxylic acid groups (broad SMARTS) is 1. The largest absolute Gasteiger partial charge is 0.481 e. The lowest BCUT2D eigenvalue weighted by molar-refractivity contribution is -0.137. The van der Waals surface area contributed by atoms with Gasteiger partial charge in [-0.3, -0.25) is 4.79 Å². The van der Waals surface area contributed by atoms with Crippen molar-refractivity contribution in [1.82, 2.24) is 4.98 Å². The van der Waals surface area contributed by atoms with Crippen LogP contribution in [0.1, 0.15) is 19.8 Å². The summed E-state index contributed by atoms with van der Waals surface area (Å²) in [6.45, 7) is 1.96. The lowest BCUT2D eigenvalue weighted by atomic mass is 10.1. The molecule has 0 bridgehead atoms. The third-order valence-electron chi connectivity index (χ3n) is 2.93. The summed E-state index contributed by atoms with van der Waals surface area (Å²) in [5.41, 5.74) is 0. The van der Waals surface area contributed by atoms with Crippen LogP contribution < -0.4 is 5.32 Å². The van der Waals surface area contributed by atoms with Crippen LogP contribution in [0.4, 0.5) is 5.82 Å². The zero-order chi connectivity index (χ0) is 13.0. The number of nitrogens with zero attached hydrogens (tertiary/aromatic N) is 1. The van der Waals surface area contributed by atoms with Gasteiger partial charge in [0.15, 0.2) is 0 Å². The summed E-state index contributed by atoms with van der Waals surface area (Å²) in [4.78, 5) is 15.1. The quantitative estimate of drug-likeness (QED) is 0.849. The molecule has 2 rings (SSSR count). The molecule has 0 spiro atoms. The van der Waals surface area contributed by atoms with Crippen molar-refractivity contribution in [1.29, 1.82) is 0 Å². The fraction of sp³-hybridized carbons (Fsp3) is 0.286. The first-order chi connectivity index (χ1) is 8.70. The van der Waals surface area contributed by atoms with Crippen molar-refractivity contribution in [2.75, 3.05) is 5.32 Å². The molecule has 4 nitrogen and oxygen atoms in total. The fourth-order valence-electron chi connectivity index (χ4n) is 1.94. The number of carboxylic acids is 1. The van der Waals surface area contributed by atoms with Crippen molar-refractivity contribution in [2.45, 2.75) is 25.8 Å². The minimum absolute atomic E-state index is 0.0965. The number of nitrogens with one attached hydrogen (secondary N) is 1. The zero-order valence-corrected chi connectivity index (χ0v) is 10.3. The van der Waals surface area contributed by atoms with E-state index in [9.17, 15) is 4.79 Å². The molecule has 1 aromatic carbocycles. The molecule has 1 aromatic heterocycles. The van der Waals surface area contributed by atoms with E-state index in [0.29, 0.717) is 0 Å². The summed E-state index contributed by atoms with van der Waals surface area (Å²) in [6.07, 6.45) is 2.58. The molecule has 0 saturated heterocycles. The molecule has 1 atom stereocenters. The number of aromatic nitrogens is 1. The van der Waals surface area contributed by atoms with E-state index in [4.69, 9.17) is 5.11 Å². The summed E-state index contributed by atoms with van der Waals surface area (Å²) in [7, 11) is 0. The first-order valence-corrected chi connectivity index (χ1v) is 6.02. The lowest BCUT2D eigenvalue weighted by Gasteiger charge is -2.16. The van der Waals surface area contributed by atoms with E-state index in [1.165, 1.54) is 0 Å². The minimum Gasteiger partial charge on any atom is -0.481 e. The van der Waals surface area contributed by atoms with Crippen LogP contribution in [0.25, 0.3) is 10.8 Å². The molecule has 1 heterocycles. The second-order valence-electron chi connectivity index (χ2n) is 4.23. The maximum absolute atomic E-state index is 10.8. The molecule has 1 unspecified atom stereocenters. The average Bonchev–Trinajstić information content (AvgIpc) is 2.38. The highest BCUT2D eigenvalue weighted by Gasteiger charge is 2.12. The van der Waals surface area contributed by atoms with Gasteiger partial charge < -0.3 is 10.4 Å². The van der Waals surface area contributed by atoms with Crippen molar-refractivity contribution in [3.05, 3.63) is 36.5 Å². The topological polar surface area (TPSA) is 62.2 Å². The number of hydrogen-bond acceptors (Lipinski definition) is 3. The second-order valence-corrected chi connectivity index (χ2v) is 4.23. The highest BCUT2D eigenvalue weighted by Crippen LogP contribution is 2.21. The number of benzene rings is 1. The first-order valence-electron chi connectivity index (χ1n) is 6.02. The predicted octanol–water partition coefficient (Wildman–Crippen LogP) is 2.90. The summed E-state index contributed by atoms with van der Waals surface area (Å²) >= 11 is 0. The second kappa shape index (κ2) is 5.49. The van der Waals surface area contributed by atoms with Gasteiger partial charge in [0, 0.05) is 17.6 Å². The summed E-state index contributed by atoms with van der Waals surface area (Å²) in [5, 5.41) is 14.2. The van der Waals surface area contributed by atoms with Crippen molar-refractivity contribution in [3.8, 4) is 0 Å². The molecule has 0 aliphatic heterocycles. The maximum Gasteiger partial charge on any atom is 0.305 e. The van der Waals surface area contributed by atoms with Gasteiger partial charge in [0.2, 0.25) is 0 Å². The Morgan fingerprint density at radius 3 is 2.89 bits per heavy atom. The van der Waals surface area contributed by atoms with Crippen molar-refractivity contribution in [2.24, 2.45) is 0 Å². The van der Waals surface area contributed by atoms with Crippen molar-refractivity contribution >= 4 is 22.6 Å². The van der Waals surface area contributed by atoms with Crippen LogP contribution in [0.5, 0.6) is 0 Å². The van der Waals surface area contributed by atoms with E-state index in [1.54, 1.807) is 6.20 Å². The standard InChI is InChI=1S/C14H16N2O2/c1-2-11(9-13(17)18)16-14-12-6-4-3-5-10(12)7-8-15-14/h3-8,11H,2,9H2,1H3,(H,15,16)(H,17,18). The Bertz CT molecular complexity index is 549. The van der Waals surface area contributed by atoms with Gasteiger partial charge in [-0.25, -0.2) is 4.98 Å². The molecule has 2 aromatic rings. The van der Waals surface area contributed by atoms with E-state index >= 15 is 0 Å². The highest BCUT2D eigenvalue weighted by atomic mass is 16.4. The molecule has 0 fully saturated rings. The number of rotatable bonds is 5. The van der Waals surface area contributed by atoms with Gasteiger partial charge in [-0.1, -0.05) is 31.2 Å². The first kappa shape index (κ1) is 12.4. The minimum atomic E-state index is -0.797. The van der Waals surface area contributed by atoms with Gasteiger partial charge in [0.25, 0.3) is 0 Å². The van der Waals surface area contributed by atoms with Gasteiger partial charge in [-0.2, -0.15) is 0 Å². The summed E-state index contributed by atoms with van der Waals surface area (Å²) in [6, 6.07) is 9.77. The monoisotopic (exact) mass is 244 g/mol. The number of aliphatic carboxylic acids is 1. The van der Waals surface area contributed by atoms with Crippen molar-refractivity contribution < 1.29 is 9.90 Å². The highest BCUT2D eigenvalue weighted by molar-refractivity contribution is 5.91. The number of carbonyl (C=O) groups is 1. The molecule has 94 valence electrons. The Balaban J connectivity index is 2.27. The predicted molar refractivity (Wildman–Crippen MR) is 71.7 cm³/mol. The van der Waals surface area contributed by atoms with Gasteiger partial charge in [0.05, 0.1) is 6.42 Å². The molecule has 0 radical (unpaired) electrons. The zero-order valence-electron chi connectivity index (χ0n) is 10.3. The molecule has 18 heavy (non-hydrogen) atoms. The van der Waals surface area contributed by atoms with Crippen molar-refractivity contribution in [3.63, 3.8) is 0 Å². The van der Waals surface area contributed by atoms with E-state index in [-0.39, 0.29) is 12.5 Å². The van der Waals surface area contributed by atoms with Gasteiger partial charge >= 0.3 is 5.97 Å². The third kappa shape index (κ3) is 2.77. The van der Waals surface area contributed by atoms with Gasteiger partial charge in [0.1, 0.15) is 5.82 Å². The number of anilines is 1. The molecular weight excluding hydrogens is 228 g/mol. The van der Waals surface area contributed by atoms with E-state index < -0.39 is 5.97 Å². The van der Waals surface area contributed by atoms with E-state index in [1.807, 2.05) is 37.3 Å². The van der Waals surface area contributed by atoms with Crippen LogP contribution in [-0.2, 0) is 4.79 Å². The molecule has 0 aliphatic rings. The van der Waals surface area contributed by atoms with Gasteiger partial charge in [-0.05, 0) is 17.9 Å². The normalized spacial score (nSPS) is 12.3. The summed E-state index contributed by atoms with van der Waals surface area (Å²) in [5.74, 6) is -0.0456. The smallest absolute Gasteiger partial charge is 0.305 e. The molecule has 0 saturated carbocycles. The lowest BCUT2D eigenvalue weighted by Crippen LogP contribution is -2.22. The van der Waals surface area contributed by atoms with Crippen LogP contribution in [0.3, 0.4) is 0 Å². The Morgan fingerprint density at radius 2 is 2.17 bits per heavy atom. The number of pyridine rings is 1. The van der Waals surface area contributed by atoms with Crippen LogP contribution in [-0.4, -0.2) is 22.1 Å². The van der Waals surface area contributed by atoms with Crippen LogP contribution in [0, 0.1) is 0 Å². The van der Waals surface area contributed by atoms with E-state index in [2.05, 4.69) is 10.3 Å². The Hall–Kier alpha value is -2.10. The maximum atomic E-state index is 10.8. The Labute approximate surface area is 106 Å². The Morgan fingerprint density at radius 1 is 1.39 bits per heavy atom. The Kier molecular flexibility index (Phi) is 3.77. The molecule has 0 aliphatic carbocycles. The molecule has 0 amide bonds. The fourth-order valence-corrected chi connectivity index (χ4v) is 1.94. The van der Waals surface area contributed by atoms with Gasteiger partial charge in [-0.15, -0.1) is 0 Å². The molecule has 4 heteroatoms. The number of hydrogen-bond donors (Lipinski definition) is 2. The van der Waals surface area contributed by atoms with Crippen LogP contribution in [0.15, 0.2) is 36.5 Å². The van der Waals surface area contributed by atoms with Crippen LogP contribution in [0.2, 0.25) is 0 Å². The SMILES string of the molecule is CCC(CC(=O)O)Nc1nccc2ccccc12. The average molecular weight is 244 g/mol. The van der Waals surface area contributed by atoms with E-state index in [0.717, 1.165) is 23.0 Å². The summed E-state index contributed by atoms with van der Waals surface area (Å²) < 4.78 is 0. The van der Waals surface area contributed by atoms with Crippen LogP contribution >= 0.6 is 0 Å². The third-order valence-corrected chi connectivity index (χ3v) is 2.93. The number of fused-ring (bicyclic) bond motifs is 1. The molecule has 2 N–H and O–H groups in total.